The summed E-state index contributed by atoms with van der Waals surface area (Å²) >= 11 is 0. The van der Waals surface area contributed by atoms with Crippen molar-refractivity contribution in [3.63, 3.8) is 0 Å². The number of hydrogen-bond acceptors (Lipinski definition) is 4. The van der Waals surface area contributed by atoms with Crippen LogP contribution in [0.4, 0.5) is 0 Å². The molecule has 0 N–H and O–H groups in total. The van der Waals surface area contributed by atoms with E-state index in [9.17, 15) is 8.42 Å². The lowest BCUT2D eigenvalue weighted by Crippen LogP contribution is -2.48. The maximum absolute atomic E-state index is 13.4. The van der Waals surface area contributed by atoms with Gasteiger partial charge in [-0.15, -0.1) is 0 Å². The molecule has 1 heterocycles. The molecule has 5 atom stereocenters. The quantitative estimate of drug-likeness (QED) is 0.558. The lowest BCUT2D eigenvalue weighted by Gasteiger charge is -2.41. The molecule has 0 bridgehead atoms. The van der Waals surface area contributed by atoms with Gasteiger partial charge >= 0.3 is 0 Å². The summed E-state index contributed by atoms with van der Waals surface area (Å²) < 4.78 is 39.2. The zero-order valence-corrected chi connectivity index (χ0v) is 18.5. The average molecular weight is 397 g/mol. The average Bonchev–Trinajstić information content (AvgIpc) is 3.30. The fourth-order valence-electron chi connectivity index (χ4n) is 3.73. The number of ether oxygens (including phenoxy) is 1. The molecule has 1 saturated heterocycles. The number of sulfone groups is 1. The standard InChI is InChI=1S/C20H32O4SSi/c1-14-16(24-26(5,6)20(2,3)4)12-13-17-18(23-17)19(14)25(21,22)15-10-8-7-9-11-15/h7-11,14,16-19H,12-13H2,1-6H3/t14-,16+,17-,18-,19-/m1/s1. The van der Waals surface area contributed by atoms with Crippen molar-refractivity contribution in [1.82, 2.24) is 0 Å². The minimum atomic E-state index is -3.46. The highest BCUT2D eigenvalue weighted by atomic mass is 32.2. The highest BCUT2D eigenvalue weighted by Crippen LogP contribution is 2.46. The fraction of sp³-hybridized carbons (Fsp3) is 0.700. The highest BCUT2D eigenvalue weighted by Gasteiger charge is 2.57. The van der Waals surface area contributed by atoms with E-state index in [0.29, 0.717) is 4.90 Å². The maximum Gasteiger partial charge on any atom is 0.192 e. The number of epoxide rings is 1. The van der Waals surface area contributed by atoms with Gasteiger partial charge in [0, 0.05) is 12.0 Å². The summed E-state index contributed by atoms with van der Waals surface area (Å²) in [5, 5.41) is -0.432. The van der Waals surface area contributed by atoms with E-state index < -0.39 is 23.4 Å². The van der Waals surface area contributed by atoms with E-state index in [-0.39, 0.29) is 29.3 Å². The van der Waals surface area contributed by atoms with Crippen molar-refractivity contribution in [2.45, 2.75) is 87.1 Å². The third-order valence-corrected chi connectivity index (χ3v) is 13.3. The molecule has 146 valence electrons. The Morgan fingerprint density at radius 1 is 1.12 bits per heavy atom. The van der Waals surface area contributed by atoms with E-state index in [1.807, 2.05) is 13.0 Å². The summed E-state index contributed by atoms with van der Waals surface area (Å²) in [6.07, 6.45) is 1.60. The van der Waals surface area contributed by atoms with Gasteiger partial charge in [-0.3, -0.25) is 0 Å². The maximum atomic E-state index is 13.4. The molecular formula is C20H32O4SSi. The van der Waals surface area contributed by atoms with Crippen LogP contribution in [0, 0.1) is 5.92 Å². The van der Waals surface area contributed by atoms with Gasteiger partial charge < -0.3 is 9.16 Å². The number of fused-ring (bicyclic) bond motifs is 1. The summed E-state index contributed by atoms with van der Waals surface area (Å²) in [6.45, 7) is 13.2. The van der Waals surface area contributed by atoms with E-state index in [1.54, 1.807) is 24.3 Å². The number of benzene rings is 1. The van der Waals surface area contributed by atoms with E-state index in [0.717, 1.165) is 12.8 Å². The lowest BCUT2D eigenvalue weighted by molar-refractivity contribution is 0.103. The third-order valence-electron chi connectivity index (χ3n) is 6.47. The molecule has 0 unspecified atom stereocenters. The molecule has 6 heteroatoms. The van der Waals surface area contributed by atoms with Crippen molar-refractivity contribution in [2.75, 3.05) is 0 Å². The molecule has 0 radical (unpaired) electrons. The van der Waals surface area contributed by atoms with Gasteiger partial charge in [0.15, 0.2) is 18.2 Å². The van der Waals surface area contributed by atoms with E-state index >= 15 is 0 Å². The molecule has 1 saturated carbocycles. The first-order valence-corrected chi connectivity index (χ1v) is 14.0. The van der Waals surface area contributed by atoms with Crippen molar-refractivity contribution in [2.24, 2.45) is 5.92 Å². The van der Waals surface area contributed by atoms with Gasteiger partial charge in [-0.25, -0.2) is 8.42 Å². The Kier molecular flexibility index (Phi) is 5.19. The van der Waals surface area contributed by atoms with Crippen molar-refractivity contribution in [3.05, 3.63) is 30.3 Å². The Morgan fingerprint density at radius 2 is 1.73 bits per heavy atom. The largest absolute Gasteiger partial charge is 0.414 e. The van der Waals surface area contributed by atoms with Crippen LogP contribution in [0.2, 0.25) is 18.1 Å². The molecule has 1 aromatic carbocycles. The molecule has 0 spiro atoms. The van der Waals surface area contributed by atoms with Crippen molar-refractivity contribution in [3.8, 4) is 0 Å². The monoisotopic (exact) mass is 396 g/mol. The zero-order chi connectivity index (χ0) is 19.3. The van der Waals surface area contributed by atoms with Crippen molar-refractivity contribution >= 4 is 18.2 Å². The predicted octanol–water partition coefficient (Wildman–Crippen LogP) is 4.42. The SMILES string of the molecule is C[C@H]1[C@@H](S(=O)(=O)c2ccccc2)[C@@H]2O[C@@H]2CC[C@@H]1O[Si](C)(C)C(C)(C)C. The molecular weight excluding hydrogens is 364 g/mol. The van der Waals surface area contributed by atoms with Crippen molar-refractivity contribution < 1.29 is 17.6 Å². The molecule has 1 aromatic rings. The molecule has 2 fully saturated rings. The summed E-state index contributed by atoms with van der Waals surface area (Å²) in [6, 6.07) is 8.78. The molecule has 1 aliphatic carbocycles. The number of hydrogen-bond donors (Lipinski definition) is 0. The Labute approximate surface area is 159 Å². The van der Waals surface area contributed by atoms with Crippen LogP contribution >= 0.6 is 0 Å². The molecule has 4 nitrogen and oxygen atoms in total. The number of rotatable bonds is 4. The second-order valence-electron chi connectivity index (χ2n) is 9.31. The normalized spacial score (nSPS) is 32.6. The van der Waals surface area contributed by atoms with E-state index in [1.165, 1.54) is 0 Å². The van der Waals surface area contributed by atoms with Gasteiger partial charge in [0.2, 0.25) is 0 Å². The Bertz CT molecular complexity index is 739. The molecule has 3 rings (SSSR count). The molecule has 0 aromatic heterocycles. The Hall–Kier alpha value is -0.693. The Morgan fingerprint density at radius 3 is 2.31 bits per heavy atom. The smallest absolute Gasteiger partial charge is 0.192 e. The molecule has 1 aliphatic heterocycles. The van der Waals surface area contributed by atoms with Crippen LogP contribution < -0.4 is 0 Å². The second-order valence-corrected chi connectivity index (χ2v) is 16.2. The molecule has 0 amide bonds. The molecule has 2 aliphatic rings. The minimum Gasteiger partial charge on any atom is -0.414 e. The van der Waals surface area contributed by atoms with Crippen LogP contribution in [0.3, 0.4) is 0 Å². The van der Waals surface area contributed by atoms with Crippen LogP contribution in [0.1, 0.15) is 40.5 Å². The van der Waals surface area contributed by atoms with Crippen LogP contribution in [0.15, 0.2) is 35.2 Å². The van der Waals surface area contributed by atoms with Gasteiger partial charge in [0.05, 0.1) is 16.2 Å². The summed E-state index contributed by atoms with van der Waals surface area (Å²) in [4.78, 5) is 0.388. The lowest BCUT2D eigenvalue weighted by atomic mass is 9.99. The third kappa shape index (κ3) is 3.66. The van der Waals surface area contributed by atoms with Gasteiger partial charge in [-0.1, -0.05) is 45.9 Å². The topological polar surface area (TPSA) is 55.9 Å². The minimum absolute atomic E-state index is 0.0317. The summed E-state index contributed by atoms with van der Waals surface area (Å²) in [5.41, 5.74) is 0. The van der Waals surface area contributed by atoms with Crippen LogP contribution in [-0.4, -0.2) is 40.3 Å². The van der Waals surface area contributed by atoms with Crippen molar-refractivity contribution in [1.29, 1.82) is 0 Å². The first-order valence-electron chi connectivity index (χ1n) is 9.57. The van der Waals surface area contributed by atoms with Gasteiger partial charge in [0.25, 0.3) is 0 Å². The summed E-state index contributed by atoms with van der Waals surface area (Å²) in [7, 11) is -5.42. The van der Waals surface area contributed by atoms with E-state index in [2.05, 4.69) is 33.9 Å². The van der Waals surface area contributed by atoms with Gasteiger partial charge in [0.1, 0.15) is 6.10 Å². The molecule has 26 heavy (non-hydrogen) atoms. The first kappa shape index (κ1) is 20.1. The van der Waals surface area contributed by atoms with Crippen LogP contribution in [0.25, 0.3) is 0 Å². The van der Waals surface area contributed by atoms with Gasteiger partial charge in [-0.2, -0.15) is 0 Å². The zero-order valence-electron chi connectivity index (χ0n) is 16.7. The van der Waals surface area contributed by atoms with Crippen LogP contribution in [0.5, 0.6) is 0 Å². The van der Waals surface area contributed by atoms with Crippen LogP contribution in [-0.2, 0) is 19.0 Å². The van der Waals surface area contributed by atoms with Gasteiger partial charge in [-0.05, 0) is 43.1 Å². The Balaban J connectivity index is 1.91. The summed E-state index contributed by atoms with van der Waals surface area (Å²) in [5.74, 6) is -0.0909. The van der Waals surface area contributed by atoms with E-state index in [4.69, 9.17) is 9.16 Å². The predicted molar refractivity (Wildman–Crippen MR) is 107 cm³/mol. The first-order chi connectivity index (χ1) is 11.9. The fourth-order valence-corrected chi connectivity index (χ4v) is 7.35. The second kappa shape index (κ2) is 6.73. The highest BCUT2D eigenvalue weighted by molar-refractivity contribution is 7.92.